The Kier molecular flexibility index (Phi) is 3.00. The van der Waals surface area contributed by atoms with E-state index in [-0.39, 0.29) is 5.91 Å². The summed E-state index contributed by atoms with van der Waals surface area (Å²) in [5, 5.41) is 10.4. The van der Waals surface area contributed by atoms with Crippen molar-refractivity contribution in [1.82, 2.24) is 15.2 Å². The van der Waals surface area contributed by atoms with Crippen LogP contribution in [0.5, 0.6) is 0 Å². The maximum Gasteiger partial charge on any atom is 0.256 e. The lowest BCUT2D eigenvalue weighted by Crippen LogP contribution is -2.12. The molecule has 0 saturated heterocycles. The number of hydrogen-bond acceptors (Lipinski definition) is 3. The van der Waals surface area contributed by atoms with Gasteiger partial charge in [-0.2, -0.15) is 5.10 Å². The summed E-state index contributed by atoms with van der Waals surface area (Å²) >= 11 is 3.33. The smallest absolute Gasteiger partial charge is 0.256 e. The first-order chi connectivity index (χ1) is 9.24. The van der Waals surface area contributed by atoms with Crippen molar-refractivity contribution in [3.63, 3.8) is 0 Å². The first-order valence-electron chi connectivity index (χ1n) is 5.60. The highest BCUT2D eigenvalue weighted by Gasteiger charge is 2.10. The highest BCUT2D eigenvalue weighted by molar-refractivity contribution is 9.10. The van der Waals surface area contributed by atoms with Crippen LogP contribution in [0.15, 0.2) is 47.1 Å². The van der Waals surface area contributed by atoms with Crippen LogP contribution >= 0.6 is 15.9 Å². The number of nitrogens with one attached hydrogen (secondary N) is 2. The van der Waals surface area contributed by atoms with E-state index in [1.165, 1.54) is 0 Å². The second kappa shape index (κ2) is 4.81. The molecule has 0 saturated carbocycles. The molecule has 2 heterocycles. The van der Waals surface area contributed by atoms with Gasteiger partial charge in [-0.1, -0.05) is 15.9 Å². The van der Waals surface area contributed by atoms with Gasteiger partial charge in [-0.25, -0.2) is 4.98 Å². The monoisotopic (exact) mass is 316 g/mol. The molecule has 5 nitrogen and oxygen atoms in total. The minimum Gasteiger partial charge on any atom is -0.306 e. The van der Waals surface area contributed by atoms with Gasteiger partial charge in [-0.15, -0.1) is 0 Å². The maximum absolute atomic E-state index is 12.1. The number of aromatic amines is 1. The predicted octanol–water partition coefficient (Wildman–Crippen LogP) is 2.97. The van der Waals surface area contributed by atoms with Crippen molar-refractivity contribution in [2.45, 2.75) is 0 Å². The molecule has 0 spiro atoms. The minimum atomic E-state index is -0.193. The van der Waals surface area contributed by atoms with Crippen LogP contribution in [0.25, 0.3) is 11.0 Å². The fraction of sp³-hybridized carbons (Fsp3) is 0. The molecule has 2 aromatic heterocycles. The Bertz CT molecular complexity index is 736. The Morgan fingerprint density at radius 1 is 1.21 bits per heavy atom. The van der Waals surface area contributed by atoms with Gasteiger partial charge in [0.2, 0.25) is 0 Å². The van der Waals surface area contributed by atoms with E-state index in [1.54, 1.807) is 24.4 Å². The molecule has 0 bridgehead atoms. The molecular formula is C13H9BrN4O. The van der Waals surface area contributed by atoms with Crippen molar-refractivity contribution in [3.8, 4) is 0 Å². The van der Waals surface area contributed by atoms with E-state index in [4.69, 9.17) is 0 Å². The standard InChI is InChI=1S/C13H9BrN4O/c14-9-5-3-8(4-6-9)13(19)16-12-10-2-1-7-15-11(10)17-18-12/h1-7H,(H2,15,16,17,18,19). The normalized spacial score (nSPS) is 10.6. The number of pyridine rings is 1. The third-order valence-corrected chi connectivity index (χ3v) is 3.20. The van der Waals surface area contributed by atoms with Gasteiger partial charge < -0.3 is 5.32 Å². The fourth-order valence-electron chi connectivity index (χ4n) is 1.73. The van der Waals surface area contributed by atoms with Gasteiger partial charge in [-0.3, -0.25) is 9.89 Å². The van der Waals surface area contributed by atoms with Crippen LogP contribution in [0.2, 0.25) is 0 Å². The lowest BCUT2D eigenvalue weighted by atomic mass is 10.2. The van der Waals surface area contributed by atoms with Crippen molar-refractivity contribution < 1.29 is 4.79 Å². The molecule has 0 radical (unpaired) electrons. The van der Waals surface area contributed by atoms with E-state index in [0.29, 0.717) is 17.0 Å². The van der Waals surface area contributed by atoms with Crippen LogP contribution in [0.1, 0.15) is 10.4 Å². The Morgan fingerprint density at radius 3 is 2.79 bits per heavy atom. The average Bonchev–Trinajstić information content (AvgIpc) is 2.83. The fourth-order valence-corrected chi connectivity index (χ4v) is 2.00. The van der Waals surface area contributed by atoms with Crippen LogP contribution in [0, 0.1) is 0 Å². The maximum atomic E-state index is 12.1. The molecule has 1 amide bonds. The van der Waals surface area contributed by atoms with Crippen LogP contribution in [0.3, 0.4) is 0 Å². The molecule has 3 rings (SSSR count). The zero-order valence-electron chi connectivity index (χ0n) is 9.72. The second-order valence-electron chi connectivity index (χ2n) is 3.93. The van der Waals surface area contributed by atoms with E-state index in [1.807, 2.05) is 18.2 Å². The molecule has 0 atom stereocenters. The number of H-pyrrole nitrogens is 1. The lowest BCUT2D eigenvalue weighted by Gasteiger charge is -2.03. The van der Waals surface area contributed by atoms with Gasteiger partial charge in [0.25, 0.3) is 5.91 Å². The van der Waals surface area contributed by atoms with Crippen LogP contribution in [-0.4, -0.2) is 21.1 Å². The first-order valence-corrected chi connectivity index (χ1v) is 6.39. The predicted molar refractivity (Wildman–Crippen MR) is 76.0 cm³/mol. The number of fused-ring (bicyclic) bond motifs is 1. The van der Waals surface area contributed by atoms with Gasteiger partial charge in [-0.05, 0) is 36.4 Å². The molecule has 6 heteroatoms. The number of rotatable bonds is 2. The lowest BCUT2D eigenvalue weighted by molar-refractivity contribution is 0.102. The van der Waals surface area contributed by atoms with E-state index in [0.717, 1.165) is 9.86 Å². The number of anilines is 1. The Morgan fingerprint density at radius 2 is 2.00 bits per heavy atom. The Labute approximate surface area is 117 Å². The largest absolute Gasteiger partial charge is 0.306 e. The van der Waals surface area contributed by atoms with Crippen molar-refractivity contribution >= 4 is 38.7 Å². The number of halogens is 1. The highest BCUT2D eigenvalue weighted by Crippen LogP contribution is 2.19. The molecule has 3 aromatic rings. The highest BCUT2D eigenvalue weighted by atomic mass is 79.9. The number of carbonyl (C=O) groups is 1. The molecular weight excluding hydrogens is 308 g/mol. The van der Waals surface area contributed by atoms with E-state index in [9.17, 15) is 4.79 Å². The topological polar surface area (TPSA) is 70.7 Å². The first kappa shape index (κ1) is 11.9. The summed E-state index contributed by atoms with van der Waals surface area (Å²) in [4.78, 5) is 16.2. The van der Waals surface area contributed by atoms with Crippen LogP contribution < -0.4 is 5.32 Å². The van der Waals surface area contributed by atoms with Crippen LogP contribution in [0.4, 0.5) is 5.82 Å². The SMILES string of the molecule is O=C(Nc1[nH]nc2ncccc12)c1ccc(Br)cc1. The molecule has 19 heavy (non-hydrogen) atoms. The molecule has 94 valence electrons. The minimum absolute atomic E-state index is 0.193. The Balaban J connectivity index is 1.89. The van der Waals surface area contributed by atoms with Gasteiger partial charge in [0, 0.05) is 16.2 Å². The van der Waals surface area contributed by atoms with Gasteiger partial charge in [0.1, 0.15) is 5.82 Å². The summed E-state index contributed by atoms with van der Waals surface area (Å²) in [6.07, 6.45) is 1.66. The average molecular weight is 317 g/mol. The van der Waals surface area contributed by atoms with Gasteiger partial charge in [0.15, 0.2) is 5.65 Å². The zero-order valence-corrected chi connectivity index (χ0v) is 11.3. The molecule has 2 N–H and O–H groups in total. The molecule has 0 aliphatic rings. The summed E-state index contributed by atoms with van der Waals surface area (Å²) < 4.78 is 0.931. The summed E-state index contributed by atoms with van der Waals surface area (Å²) in [6.45, 7) is 0. The Hall–Kier alpha value is -2.21. The number of nitrogens with zero attached hydrogens (tertiary/aromatic N) is 2. The third kappa shape index (κ3) is 2.34. The molecule has 0 aliphatic heterocycles. The molecule has 0 fully saturated rings. The van der Waals surface area contributed by atoms with Crippen molar-refractivity contribution in [1.29, 1.82) is 0 Å². The molecule has 0 aliphatic carbocycles. The van der Waals surface area contributed by atoms with E-state index >= 15 is 0 Å². The number of hydrogen-bond donors (Lipinski definition) is 2. The number of carbonyl (C=O) groups excluding carboxylic acids is 1. The number of aromatic nitrogens is 3. The summed E-state index contributed by atoms with van der Waals surface area (Å²) in [6, 6.07) is 10.8. The quantitative estimate of drug-likeness (QED) is 0.763. The molecule has 1 aromatic carbocycles. The van der Waals surface area contributed by atoms with E-state index < -0.39 is 0 Å². The number of benzene rings is 1. The summed E-state index contributed by atoms with van der Waals surface area (Å²) in [7, 11) is 0. The van der Waals surface area contributed by atoms with E-state index in [2.05, 4.69) is 36.4 Å². The van der Waals surface area contributed by atoms with Crippen LogP contribution in [-0.2, 0) is 0 Å². The zero-order chi connectivity index (χ0) is 13.2. The van der Waals surface area contributed by atoms with Crippen molar-refractivity contribution in [3.05, 3.63) is 52.6 Å². The third-order valence-electron chi connectivity index (χ3n) is 2.67. The molecule has 0 unspecified atom stereocenters. The van der Waals surface area contributed by atoms with Gasteiger partial charge in [0.05, 0.1) is 5.39 Å². The van der Waals surface area contributed by atoms with Gasteiger partial charge >= 0.3 is 0 Å². The van der Waals surface area contributed by atoms with Crippen molar-refractivity contribution in [2.75, 3.05) is 5.32 Å². The second-order valence-corrected chi connectivity index (χ2v) is 4.85. The summed E-state index contributed by atoms with van der Waals surface area (Å²) in [5.41, 5.74) is 1.16. The van der Waals surface area contributed by atoms with Crippen molar-refractivity contribution in [2.24, 2.45) is 0 Å². The number of amides is 1. The summed E-state index contributed by atoms with van der Waals surface area (Å²) in [5.74, 6) is 0.359.